The average Bonchev–Trinajstić information content (AvgIpc) is 2.79. The van der Waals surface area contributed by atoms with Gasteiger partial charge < -0.3 is 16.2 Å². The van der Waals surface area contributed by atoms with Crippen LogP contribution in [0.3, 0.4) is 0 Å². The molecule has 2 heterocycles. The van der Waals surface area contributed by atoms with Crippen LogP contribution in [0.2, 0.25) is 0 Å². The Bertz CT molecular complexity index is 608. The predicted octanol–water partition coefficient (Wildman–Crippen LogP) is 0.468. The van der Waals surface area contributed by atoms with Crippen LogP contribution < -0.4 is 11.1 Å². The van der Waals surface area contributed by atoms with Crippen LogP contribution in [0.5, 0.6) is 5.75 Å². The molecule has 19 heavy (non-hydrogen) atoms. The second-order valence-corrected chi connectivity index (χ2v) is 4.23. The number of carbonyl (C=O) groups excluding carboxylic acids is 1. The second kappa shape index (κ2) is 5.07. The molecule has 4 N–H and O–H groups in total. The maximum absolute atomic E-state index is 12.0. The second-order valence-electron chi connectivity index (χ2n) is 4.23. The fourth-order valence-electron chi connectivity index (χ4n) is 1.59. The number of hydrogen-bond acceptors (Lipinski definition) is 5. The van der Waals surface area contributed by atoms with Gasteiger partial charge in [-0.3, -0.25) is 9.48 Å². The Hall–Kier alpha value is -2.41. The van der Waals surface area contributed by atoms with Crippen LogP contribution in [0.1, 0.15) is 17.3 Å². The smallest absolute Gasteiger partial charge is 0.247 e. The van der Waals surface area contributed by atoms with E-state index < -0.39 is 11.9 Å². The molecule has 1 atom stereocenters. The number of aromatic nitrogens is 3. The third kappa shape index (κ3) is 2.89. The molecule has 2 aromatic rings. The first-order valence-corrected chi connectivity index (χ1v) is 5.69. The topological polar surface area (TPSA) is 106 Å². The first kappa shape index (κ1) is 13.0. The lowest BCUT2D eigenvalue weighted by Crippen LogP contribution is -2.27. The third-order valence-electron chi connectivity index (χ3n) is 2.62. The Morgan fingerprint density at radius 2 is 2.26 bits per heavy atom. The van der Waals surface area contributed by atoms with E-state index in [1.807, 2.05) is 0 Å². The number of hydrogen-bond donors (Lipinski definition) is 3. The van der Waals surface area contributed by atoms with Crippen LogP contribution in [0.4, 0.5) is 5.82 Å². The van der Waals surface area contributed by atoms with Crippen molar-refractivity contribution in [3.8, 4) is 5.75 Å². The number of nitrogens with two attached hydrogens (primary N) is 1. The standard InChI is InChI=1S/C12H15N5O2/c1-7-3-4-9(18)11(15-7)16-12(19)10(13)8-5-14-17(2)6-8/h3-6,10,18H,13H2,1-2H3,(H,15,16,19). The summed E-state index contributed by atoms with van der Waals surface area (Å²) in [6.45, 7) is 1.76. The summed E-state index contributed by atoms with van der Waals surface area (Å²) in [6, 6.07) is 2.25. The van der Waals surface area contributed by atoms with Gasteiger partial charge in [0.15, 0.2) is 11.6 Å². The van der Waals surface area contributed by atoms with E-state index in [0.29, 0.717) is 11.3 Å². The zero-order valence-corrected chi connectivity index (χ0v) is 10.7. The lowest BCUT2D eigenvalue weighted by Gasteiger charge is -2.11. The molecule has 0 fully saturated rings. The van der Waals surface area contributed by atoms with E-state index in [0.717, 1.165) is 0 Å². The monoisotopic (exact) mass is 261 g/mol. The van der Waals surface area contributed by atoms with Gasteiger partial charge in [-0.2, -0.15) is 5.10 Å². The summed E-state index contributed by atoms with van der Waals surface area (Å²) < 4.78 is 1.56. The molecule has 0 radical (unpaired) electrons. The maximum atomic E-state index is 12.0. The van der Waals surface area contributed by atoms with E-state index in [1.165, 1.54) is 12.3 Å². The highest BCUT2D eigenvalue weighted by Gasteiger charge is 2.19. The van der Waals surface area contributed by atoms with Gasteiger partial charge in [0.1, 0.15) is 6.04 Å². The summed E-state index contributed by atoms with van der Waals surface area (Å²) >= 11 is 0. The highest BCUT2D eigenvalue weighted by Crippen LogP contribution is 2.21. The molecule has 0 spiro atoms. The van der Waals surface area contributed by atoms with E-state index >= 15 is 0 Å². The van der Waals surface area contributed by atoms with E-state index in [4.69, 9.17) is 5.73 Å². The molecule has 1 amide bonds. The van der Waals surface area contributed by atoms with Gasteiger partial charge in [0.2, 0.25) is 5.91 Å². The summed E-state index contributed by atoms with van der Waals surface area (Å²) in [5, 5.41) is 16.1. The molecule has 0 bridgehead atoms. The largest absolute Gasteiger partial charge is 0.504 e. The zero-order valence-electron chi connectivity index (χ0n) is 10.7. The van der Waals surface area contributed by atoms with Crippen molar-refractivity contribution >= 4 is 11.7 Å². The van der Waals surface area contributed by atoms with Crippen LogP contribution in [0.25, 0.3) is 0 Å². The van der Waals surface area contributed by atoms with Crippen molar-refractivity contribution in [2.45, 2.75) is 13.0 Å². The molecule has 2 aromatic heterocycles. The average molecular weight is 261 g/mol. The highest BCUT2D eigenvalue weighted by atomic mass is 16.3. The molecule has 7 nitrogen and oxygen atoms in total. The minimum Gasteiger partial charge on any atom is -0.504 e. The van der Waals surface area contributed by atoms with Crippen LogP contribution in [0.15, 0.2) is 24.5 Å². The molecule has 0 aliphatic carbocycles. The van der Waals surface area contributed by atoms with Crippen molar-refractivity contribution < 1.29 is 9.90 Å². The number of anilines is 1. The zero-order chi connectivity index (χ0) is 14.0. The molecule has 100 valence electrons. The van der Waals surface area contributed by atoms with Crippen LogP contribution >= 0.6 is 0 Å². The Morgan fingerprint density at radius 3 is 2.89 bits per heavy atom. The van der Waals surface area contributed by atoms with Gasteiger partial charge in [-0.25, -0.2) is 4.98 Å². The van der Waals surface area contributed by atoms with Gasteiger partial charge >= 0.3 is 0 Å². The highest BCUT2D eigenvalue weighted by molar-refractivity contribution is 5.95. The Balaban J connectivity index is 2.14. The molecular weight excluding hydrogens is 246 g/mol. The first-order valence-electron chi connectivity index (χ1n) is 5.69. The van der Waals surface area contributed by atoms with E-state index in [1.54, 1.807) is 30.9 Å². The SMILES string of the molecule is Cc1ccc(O)c(NC(=O)C(N)c2cnn(C)c2)n1. The van der Waals surface area contributed by atoms with Gasteiger partial charge in [-0.05, 0) is 19.1 Å². The summed E-state index contributed by atoms with van der Waals surface area (Å²) in [7, 11) is 1.74. The summed E-state index contributed by atoms with van der Waals surface area (Å²) in [6.07, 6.45) is 3.18. The minimum absolute atomic E-state index is 0.0997. The van der Waals surface area contributed by atoms with Gasteiger partial charge in [0.25, 0.3) is 0 Å². The van der Waals surface area contributed by atoms with E-state index in [2.05, 4.69) is 15.4 Å². The van der Waals surface area contributed by atoms with Crippen LogP contribution in [-0.4, -0.2) is 25.8 Å². The third-order valence-corrected chi connectivity index (χ3v) is 2.62. The summed E-state index contributed by atoms with van der Waals surface area (Å²) in [5.74, 6) is -0.455. The fourth-order valence-corrected chi connectivity index (χ4v) is 1.59. The van der Waals surface area contributed by atoms with Crippen molar-refractivity contribution in [1.29, 1.82) is 0 Å². The number of nitrogens with zero attached hydrogens (tertiary/aromatic N) is 3. The summed E-state index contributed by atoms with van der Waals surface area (Å²) in [4.78, 5) is 16.0. The molecule has 0 aromatic carbocycles. The van der Waals surface area contributed by atoms with Gasteiger partial charge in [-0.1, -0.05) is 0 Å². The Kier molecular flexibility index (Phi) is 3.48. The fraction of sp³-hybridized carbons (Fsp3) is 0.250. The number of aryl methyl sites for hydroxylation is 2. The molecule has 0 aliphatic heterocycles. The van der Waals surface area contributed by atoms with E-state index in [-0.39, 0.29) is 11.6 Å². The number of pyridine rings is 1. The van der Waals surface area contributed by atoms with Crippen molar-refractivity contribution in [2.24, 2.45) is 12.8 Å². The van der Waals surface area contributed by atoms with E-state index in [9.17, 15) is 9.90 Å². The van der Waals surface area contributed by atoms with Crippen LogP contribution in [0, 0.1) is 6.92 Å². The molecule has 0 saturated heterocycles. The first-order chi connectivity index (χ1) is 8.97. The number of aromatic hydroxyl groups is 1. The number of carbonyl (C=O) groups is 1. The number of rotatable bonds is 3. The van der Waals surface area contributed by atoms with Gasteiger partial charge in [0.05, 0.1) is 6.20 Å². The Morgan fingerprint density at radius 1 is 1.53 bits per heavy atom. The van der Waals surface area contributed by atoms with Crippen molar-refractivity contribution in [2.75, 3.05) is 5.32 Å². The molecule has 7 heteroatoms. The van der Waals surface area contributed by atoms with Crippen molar-refractivity contribution in [3.63, 3.8) is 0 Å². The summed E-state index contributed by atoms with van der Waals surface area (Å²) in [5.41, 5.74) is 7.09. The van der Waals surface area contributed by atoms with Gasteiger partial charge in [0, 0.05) is 24.5 Å². The van der Waals surface area contributed by atoms with Crippen molar-refractivity contribution in [3.05, 3.63) is 35.8 Å². The number of amides is 1. The molecular formula is C12H15N5O2. The Labute approximate surface area is 110 Å². The predicted molar refractivity (Wildman–Crippen MR) is 69.4 cm³/mol. The number of nitrogens with one attached hydrogen (secondary N) is 1. The molecule has 0 aliphatic rings. The lowest BCUT2D eigenvalue weighted by molar-refractivity contribution is -0.117. The molecule has 0 saturated carbocycles. The van der Waals surface area contributed by atoms with Crippen LogP contribution in [-0.2, 0) is 11.8 Å². The minimum atomic E-state index is -0.865. The lowest BCUT2D eigenvalue weighted by atomic mass is 10.1. The van der Waals surface area contributed by atoms with Crippen molar-refractivity contribution in [1.82, 2.24) is 14.8 Å². The molecule has 1 unspecified atom stereocenters. The normalized spacial score (nSPS) is 12.2. The molecule has 2 rings (SSSR count). The quantitative estimate of drug-likeness (QED) is 0.744. The maximum Gasteiger partial charge on any atom is 0.247 e. The van der Waals surface area contributed by atoms with Gasteiger partial charge in [-0.15, -0.1) is 0 Å².